The van der Waals surface area contributed by atoms with Crippen LogP contribution in [0.4, 0.5) is 0 Å². The summed E-state index contributed by atoms with van der Waals surface area (Å²) in [4.78, 5) is 0. The summed E-state index contributed by atoms with van der Waals surface area (Å²) in [6.07, 6.45) is 2.19. The van der Waals surface area contributed by atoms with Gasteiger partial charge in [-0.1, -0.05) is 12.1 Å². The Morgan fingerprint density at radius 3 is 3.05 bits per heavy atom. The molecule has 19 heavy (non-hydrogen) atoms. The van der Waals surface area contributed by atoms with Crippen molar-refractivity contribution in [3.05, 3.63) is 11.4 Å². The van der Waals surface area contributed by atoms with Gasteiger partial charge in [-0.3, -0.25) is 0 Å². The Morgan fingerprint density at radius 2 is 2.47 bits per heavy atom. The molecule has 2 rings (SSSR count). The summed E-state index contributed by atoms with van der Waals surface area (Å²) in [6, 6.07) is 2.33. The van der Waals surface area contributed by atoms with Crippen LogP contribution >= 0.6 is 0 Å². The van der Waals surface area contributed by atoms with Crippen LogP contribution in [0.15, 0.2) is 0 Å². The van der Waals surface area contributed by atoms with Crippen molar-refractivity contribution in [3.63, 3.8) is 0 Å². The number of aromatic nitrogens is 3. The lowest BCUT2D eigenvalue weighted by atomic mass is 10.0. The Hall–Kier alpha value is -1.45. The molecule has 0 N–H and O–H groups in total. The lowest BCUT2D eigenvalue weighted by Gasteiger charge is -2.19. The minimum Gasteiger partial charge on any atom is -0.382 e. The third kappa shape index (κ3) is 2.94. The highest BCUT2D eigenvalue weighted by atomic mass is 16.5. The van der Waals surface area contributed by atoms with Gasteiger partial charge in [-0.05, 0) is 12.8 Å². The normalized spacial score (nSPS) is 20.4. The molecule has 0 amide bonds. The van der Waals surface area contributed by atoms with E-state index in [1.807, 2.05) is 4.68 Å². The fraction of sp³-hybridized carbons (Fsp3) is 0.769. The second-order valence-electron chi connectivity index (χ2n) is 4.78. The number of nitrogens with zero attached hydrogens (tertiary/aromatic N) is 4. The SMILES string of the molecule is CCC(COC)n1nnc(CC#N)c1C1CCOC1. The summed E-state index contributed by atoms with van der Waals surface area (Å²) >= 11 is 0. The maximum absolute atomic E-state index is 8.91. The van der Waals surface area contributed by atoms with Crippen LogP contribution in [0.2, 0.25) is 0 Å². The van der Waals surface area contributed by atoms with E-state index < -0.39 is 0 Å². The molecule has 0 aliphatic carbocycles. The Labute approximate surface area is 113 Å². The largest absolute Gasteiger partial charge is 0.382 e. The zero-order valence-electron chi connectivity index (χ0n) is 11.5. The van der Waals surface area contributed by atoms with Gasteiger partial charge in [0.25, 0.3) is 0 Å². The third-order valence-corrected chi connectivity index (χ3v) is 3.54. The zero-order valence-corrected chi connectivity index (χ0v) is 11.5. The van der Waals surface area contributed by atoms with Crippen molar-refractivity contribution in [2.75, 3.05) is 26.9 Å². The molecule has 2 heterocycles. The van der Waals surface area contributed by atoms with Crippen LogP contribution in [0.1, 0.15) is 43.1 Å². The van der Waals surface area contributed by atoms with Gasteiger partial charge in [0, 0.05) is 19.6 Å². The number of hydrogen-bond acceptors (Lipinski definition) is 5. The van der Waals surface area contributed by atoms with E-state index in [2.05, 4.69) is 23.3 Å². The Morgan fingerprint density at radius 1 is 1.63 bits per heavy atom. The van der Waals surface area contributed by atoms with E-state index in [1.54, 1.807) is 7.11 Å². The number of ether oxygens (including phenoxy) is 2. The minimum absolute atomic E-state index is 0.167. The molecule has 2 atom stereocenters. The first-order valence-corrected chi connectivity index (χ1v) is 6.69. The smallest absolute Gasteiger partial charge is 0.100 e. The summed E-state index contributed by atoms with van der Waals surface area (Å²) in [7, 11) is 1.69. The molecule has 0 aromatic carbocycles. The van der Waals surface area contributed by atoms with Gasteiger partial charge in [-0.25, -0.2) is 4.68 Å². The lowest BCUT2D eigenvalue weighted by molar-refractivity contribution is 0.143. The van der Waals surface area contributed by atoms with Crippen molar-refractivity contribution in [1.29, 1.82) is 5.26 Å². The predicted octanol–water partition coefficient (Wildman–Crippen LogP) is 1.45. The lowest BCUT2D eigenvalue weighted by Crippen LogP contribution is -2.20. The Kier molecular flexibility index (Phi) is 4.88. The summed E-state index contributed by atoms with van der Waals surface area (Å²) in [5, 5.41) is 17.3. The number of nitriles is 1. The molecule has 2 unspecified atom stereocenters. The van der Waals surface area contributed by atoms with E-state index in [9.17, 15) is 0 Å². The average molecular weight is 264 g/mol. The van der Waals surface area contributed by atoms with Crippen molar-refractivity contribution >= 4 is 0 Å². The molecule has 1 aromatic heterocycles. The van der Waals surface area contributed by atoms with E-state index in [-0.39, 0.29) is 6.04 Å². The van der Waals surface area contributed by atoms with Crippen LogP contribution in [0.5, 0.6) is 0 Å². The quantitative estimate of drug-likeness (QED) is 0.777. The Balaban J connectivity index is 2.33. The van der Waals surface area contributed by atoms with E-state index in [0.717, 1.165) is 30.8 Å². The van der Waals surface area contributed by atoms with Crippen LogP contribution in [0.3, 0.4) is 0 Å². The number of rotatable bonds is 6. The first-order chi connectivity index (χ1) is 9.31. The molecule has 104 valence electrons. The monoisotopic (exact) mass is 264 g/mol. The van der Waals surface area contributed by atoms with Gasteiger partial charge in [0.05, 0.1) is 37.4 Å². The van der Waals surface area contributed by atoms with Crippen LogP contribution in [0, 0.1) is 11.3 Å². The minimum atomic E-state index is 0.167. The molecule has 1 aromatic rings. The summed E-state index contributed by atoms with van der Waals surface area (Å²) in [5.74, 6) is 0.296. The van der Waals surface area contributed by atoms with E-state index in [4.69, 9.17) is 14.7 Å². The van der Waals surface area contributed by atoms with Gasteiger partial charge in [0.15, 0.2) is 0 Å². The van der Waals surface area contributed by atoms with Crippen molar-refractivity contribution in [2.45, 2.75) is 38.1 Å². The van der Waals surface area contributed by atoms with Gasteiger partial charge in [-0.15, -0.1) is 5.10 Å². The van der Waals surface area contributed by atoms with Gasteiger partial charge in [0.1, 0.15) is 5.69 Å². The fourth-order valence-corrected chi connectivity index (χ4v) is 2.53. The van der Waals surface area contributed by atoms with Gasteiger partial charge in [0.2, 0.25) is 0 Å². The van der Waals surface area contributed by atoms with E-state index in [0.29, 0.717) is 25.6 Å². The standard InChI is InChI=1S/C13H20N4O2/c1-3-11(9-18-2)17-13(10-5-7-19-8-10)12(4-6-14)15-16-17/h10-11H,3-5,7-9H2,1-2H3. The highest BCUT2D eigenvalue weighted by Gasteiger charge is 2.28. The van der Waals surface area contributed by atoms with E-state index >= 15 is 0 Å². The Bertz CT molecular complexity index is 446. The average Bonchev–Trinajstić information content (AvgIpc) is 3.05. The maximum atomic E-state index is 8.91. The van der Waals surface area contributed by atoms with Gasteiger partial charge in [-0.2, -0.15) is 5.26 Å². The molecule has 6 heteroatoms. The molecule has 0 bridgehead atoms. The molecular weight excluding hydrogens is 244 g/mol. The van der Waals surface area contributed by atoms with Crippen molar-refractivity contribution in [3.8, 4) is 6.07 Å². The van der Waals surface area contributed by atoms with Crippen LogP contribution in [0.25, 0.3) is 0 Å². The first-order valence-electron chi connectivity index (χ1n) is 6.69. The molecular formula is C13H20N4O2. The van der Waals surface area contributed by atoms with Crippen molar-refractivity contribution in [1.82, 2.24) is 15.0 Å². The van der Waals surface area contributed by atoms with Crippen LogP contribution in [-0.2, 0) is 15.9 Å². The number of methoxy groups -OCH3 is 1. The molecule has 0 saturated carbocycles. The van der Waals surface area contributed by atoms with Crippen molar-refractivity contribution < 1.29 is 9.47 Å². The third-order valence-electron chi connectivity index (χ3n) is 3.54. The van der Waals surface area contributed by atoms with Crippen molar-refractivity contribution in [2.24, 2.45) is 0 Å². The summed E-state index contributed by atoms with van der Waals surface area (Å²) < 4.78 is 12.7. The van der Waals surface area contributed by atoms with Crippen LogP contribution in [-0.4, -0.2) is 41.9 Å². The van der Waals surface area contributed by atoms with Gasteiger partial charge >= 0.3 is 0 Å². The van der Waals surface area contributed by atoms with Crippen LogP contribution < -0.4 is 0 Å². The summed E-state index contributed by atoms with van der Waals surface area (Å²) in [5.41, 5.74) is 1.84. The zero-order chi connectivity index (χ0) is 13.7. The highest BCUT2D eigenvalue weighted by molar-refractivity contribution is 5.20. The molecule has 0 spiro atoms. The molecule has 1 saturated heterocycles. The topological polar surface area (TPSA) is 73.0 Å². The molecule has 1 aliphatic heterocycles. The molecule has 1 aliphatic rings. The predicted molar refractivity (Wildman–Crippen MR) is 68.7 cm³/mol. The molecule has 0 radical (unpaired) electrons. The summed E-state index contributed by atoms with van der Waals surface area (Å²) in [6.45, 7) is 4.16. The fourth-order valence-electron chi connectivity index (χ4n) is 2.53. The first kappa shape index (κ1) is 14.0. The van der Waals surface area contributed by atoms with Gasteiger partial charge < -0.3 is 9.47 Å². The second kappa shape index (κ2) is 6.64. The molecule has 1 fully saturated rings. The second-order valence-corrected chi connectivity index (χ2v) is 4.78. The van der Waals surface area contributed by atoms with E-state index in [1.165, 1.54) is 0 Å². The maximum Gasteiger partial charge on any atom is 0.100 e. The highest BCUT2D eigenvalue weighted by Crippen LogP contribution is 2.29. The molecule has 6 nitrogen and oxygen atoms in total. The number of hydrogen-bond donors (Lipinski definition) is 0.